The Balaban J connectivity index is 2.19. The third-order valence-electron chi connectivity index (χ3n) is 2.17. The quantitative estimate of drug-likeness (QED) is 0.656. The summed E-state index contributed by atoms with van der Waals surface area (Å²) >= 11 is 6.71. The van der Waals surface area contributed by atoms with Crippen LogP contribution in [-0.2, 0) is 0 Å². The molecule has 1 aromatic heterocycles. The van der Waals surface area contributed by atoms with Gasteiger partial charge in [-0.15, -0.1) is 11.6 Å². The maximum atomic E-state index is 11.0. The third kappa shape index (κ3) is 3.23. The van der Waals surface area contributed by atoms with Gasteiger partial charge in [0.2, 0.25) is 0 Å². The molecule has 0 radical (unpaired) electrons. The lowest BCUT2D eigenvalue weighted by Crippen LogP contribution is -1.92. The fraction of sp³-hybridized carbons (Fsp3) is 0.154. The van der Waals surface area contributed by atoms with Crippen molar-refractivity contribution in [3.8, 4) is 23.1 Å². The zero-order chi connectivity index (χ0) is 12.1. The average Bonchev–Trinajstić information content (AvgIpc) is 2.77. The van der Waals surface area contributed by atoms with E-state index < -0.39 is 0 Å². The summed E-state index contributed by atoms with van der Waals surface area (Å²) in [6, 6.07) is 7.77. The zero-order valence-electron chi connectivity index (χ0n) is 9.00. The van der Waals surface area contributed by atoms with Crippen molar-refractivity contribution >= 4 is 22.9 Å². The first kappa shape index (κ1) is 12.0. The maximum absolute atomic E-state index is 11.0. The number of benzene rings is 1. The van der Waals surface area contributed by atoms with Gasteiger partial charge in [0.1, 0.15) is 0 Å². The van der Waals surface area contributed by atoms with Crippen molar-refractivity contribution in [3.63, 3.8) is 0 Å². The van der Waals surface area contributed by atoms with Crippen LogP contribution in [0, 0.1) is 11.8 Å². The van der Waals surface area contributed by atoms with Gasteiger partial charge in [-0.25, -0.2) is 0 Å². The summed E-state index contributed by atoms with van der Waals surface area (Å²) in [4.78, 5) is 13.8. The Morgan fingerprint density at radius 3 is 2.65 bits per heavy atom. The van der Waals surface area contributed by atoms with Gasteiger partial charge in [0.05, 0.1) is 5.69 Å². The van der Waals surface area contributed by atoms with Gasteiger partial charge in [0, 0.05) is 23.2 Å². The summed E-state index contributed by atoms with van der Waals surface area (Å²) in [6.45, 7) is 0. The number of hydrogen-bond donors (Lipinski definition) is 1. The summed E-state index contributed by atoms with van der Waals surface area (Å²) in [5.74, 6) is 6.56. The predicted octanol–water partition coefficient (Wildman–Crippen LogP) is 3.08. The van der Waals surface area contributed by atoms with E-state index in [1.54, 1.807) is 0 Å². The lowest BCUT2D eigenvalue weighted by Gasteiger charge is -1.96. The number of H-pyrrole nitrogens is 1. The van der Waals surface area contributed by atoms with Crippen molar-refractivity contribution in [3.05, 3.63) is 44.9 Å². The fourth-order valence-corrected chi connectivity index (χ4v) is 2.05. The molecule has 86 valence electrons. The molecule has 1 aromatic carbocycles. The molecular weight excluding hydrogens is 254 g/mol. The molecule has 0 aliphatic rings. The van der Waals surface area contributed by atoms with Crippen LogP contribution in [0.3, 0.4) is 0 Å². The minimum Gasteiger partial charge on any atom is -0.312 e. The van der Waals surface area contributed by atoms with E-state index in [1.165, 1.54) is 11.3 Å². The number of nitrogens with one attached hydrogen (secondary N) is 1. The second-order valence-electron chi connectivity index (χ2n) is 3.38. The van der Waals surface area contributed by atoms with Crippen LogP contribution in [0.15, 0.2) is 34.4 Å². The molecular formula is C13H10ClNOS. The second kappa shape index (κ2) is 5.72. The summed E-state index contributed by atoms with van der Waals surface area (Å²) < 4.78 is 0. The molecule has 17 heavy (non-hydrogen) atoms. The monoisotopic (exact) mass is 263 g/mol. The number of hydrogen-bond acceptors (Lipinski definition) is 2. The van der Waals surface area contributed by atoms with E-state index in [1.807, 2.05) is 29.6 Å². The standard InChI is InChI=1S/C13H10ClNOS/c14-8-2-1-3-10-4-6-11(7-5-10)12-9-17-13(16)15-12/h4-7,9H,2,8H2,(H,15,16). The van der Waals surface area contributed by atoms with Gasteiger partial charge in [-0.2, -0.15) is 0 Å². The van der Waals surface area contributed by atoms with E-state index in [9.17, 15) is 4.79 Å². The smallest absolute Gasteiger partial charge is 0.304 e. The maximum Gasteiger partial charge on any atom is 0.304 e. The summed E-state index contributed by atoms with van der Waals surface area (Å²) in [5.41, 5.74) is 2.79. The van der Waals surface area contributed by atoms with Gasteiger partial charge in [-0.1, -0.05) is 35.3 Å². The first-order chi connectivity index (χ1) is 8.29. The second-order valence-corrected chi connectivity index (χ2v) is 4.60. The summed E-state index contributed by atoms with van der Waals surface area (Å²) in [5, 5.41) is 1.82. The average molecular weight is 264 g/mol. The first-order valence-electron chi connectivity index (χ1n) is 5.12. The van der Waals surface area contributed by atoms with Crippen molar-refractivity contribution in [2.45, 2.75) is 6.42 Å². The molecule has 1 N–H and O–H groups in total. The lowest BCUT2D eigenvalue weighted by molar-refractivity contribution is 1.29. The Labute approximate surface area is 108 Å². The largest absolute Gasteiger partial charge is 0.312 e. The van der Waals surface area contributed by atoms with E-state index in [0.29, 0.717) is 12.3 Å². The summed E-state index contributed by atoms with van der Waals surface area (Å²) in [6.07, 6.45) is 0.696. The van der Waals surface area contributed by atoms with Crippen LogP contribution in [-0.4, -0.2) is 10.9 Å². The normalized spacial score (nSPS) is 9.71. The van der Waals surface area contributed by atoms with Crippen LogP contribution in [0.25, 0.3) is 11.3 Å². The van der Waals surface area contributed by atoms with Gasteiger partial charge in [0.25, 0.3) is 0 Å². The van der Waals surface area contributed by atoms with Crippen LogP contribution in [0.4, 0.5) is 0 Å². The Hall–Kier alpha value is -1.50. The molecule has 0 aliphatic heterocycles. The molecule has 0 saturated carbocycles. The topological polar surface area (TPSA) is 32.9 Å². The van der Waals surface area contributed by atoms with Crippen molar-refractivity contribution in [2.75, 3.05) is 5.88 Å². The van der Waals surface area contributed by atoms with E-state index in [-0.39, 0.29) is 4.87 Å². The Morgan fingerprint density at radius 1 is 1.29 bits per heavy atom. The molecule has 0 fully saturated rings. The highest BCUT2D eigenvalue weighted by molar-refractivity contribution is 7.07. The number of alkyl halides is 1. The highest BCUT2D eigenvalue weighted by Crippen LogP contribution is 2.17. The Kier molecular flexibility index (Phi) is 4.03. The van der Waals surface area contributed by atoms with E-state index >= 15 is 0 Å². The van der Waals surface area contributed by atoms with E-state index in [2.05, 4.69) is 16.8 Å². The van der Waals surface area contributed by atoms with Crippen molar-refractivity contribution in [2.24, 2.45) is 0 Å². The molecule has 2 rings (SSSR count). The predicted molar refractivity (Wildman–Crippen MR) is 72.6 cm³/mol. The molecule has 0 spiro atoms. The molecule has 0 bridgehead atoms. The molecule has 0 unspecified atom stereocenters. The molecule has 2 nitrogen and oxygen atoms in total. The minimum absolute atomic E-state index is 0.0361. The van der Waals surface area contributed by atoms with Crippen LogP contribution >= 0.6 is 22.9 Å². The van der Waals surface area contributed by atoms with Crippen molar-refractivity contribution < 1.29 is 0 Å². The number of thiazole rings is 1. The number of aromatic amines is 1. The van der Waals surface area contributed by atoms with Crippen molar-refractivity contribution in [1.29, 1.82) is 0 Å². The molecule has 0 atom stereocenters. The first-order valence-corrected chi connectivity index (χ1v) is 6.54. The molecule has 1 heterocycles. The number of aromatic nitrogens is 1. The fourth-order valence-electron chi connectivity index (χ4n) is 1.37. The van der Waals surface area contributed by atoms with Crippen LogP contribution in [0.5, 0.6) is 0 Å². The lowest BCUT2D eigenvalue weighted by atomic mass is 10.1. The van der Waals surface area contributed by atoms with Gasteiger partial charge >= 0.3 is 4.87 Å². The molecule has 0 aliphatic carbocycles. The number of halogens is 1. The van der Waals surface area contributed by atoms with Gasteiger partial charge in [-0.05, 0) is 17.7 Å². The molecule has 4 heteroatoms. The minimum atomic E-state index is -0.0361. The van der Waals surface area contributed by atoms with Gasteiger partial charge < -0.3 is 4.98 Å². The van der Waals surface area contributed by atoms with Crippen LogP contribution in [0.2, 0.25) is 0 Å². The van der Waals surface area contributed by atoms with Crippen LogP contribution in [0.1, 0.15) is 12.0 Å². The highest BCUT2D eigenvalue weighted by atomic mass is 35.5. The molecule has 2 aromatic rings. The number of rotatable bonds is 2. The highest BCUT2D eigenvalue weighted by Gasteiger charge is 1.99. The van der Waals surface area contributed by atoms with Gasteiger partial charge in [-0.3, -0.25) is 4.79 Å². The molecule has 0 saturated heterocycles. The zero-order valence-corrected chi connectivity index (χ0v) is 10.6. The Morgan fingerprint density at radius 2 is 2.06 bits per heavy atom. The van der Waals surface area contributed by atoms with Crippen LogP contribution < -0.4 is 4.87 Å². The Bertz CT molecular complexity index is 601. The third-order valence-corrected chi connectivity index (χ3v) is 3.03. The SMILES string of the molecule is O=c1[nH]c(-c2ccc(C#CCCCl)cc2)cs1. The van der Waals surface area contributed by atoms with Gasteiger partial charge in [0.15, 0.2) is 0 Å². The van der Waals surface area contributed by atoms with Crippen molar-refractivity contribution in [1.82, 2.24) is 4.98 Å². The van der Waals surface area contributed by atoms with E-state index in [0.717, 1.165) is 16.8 Å². The summed E-state index contributed by atoms with van der Waals surface area (Å²) in [7, 11) is 0. The van der Waals surface area contributed by atoms with E-state index in [4.69, 9.17) is 11.6 Å². The molecule has 0 amide bonds.